The van der Waals surface area contributed by atoms with Crippen molar-refractivity contribution in [1.82, 2.24) is 0 Å². The number of rotatable bonds is 7. The molecule has 43 heavy (non-hydrogen) atoms. The Morgan fingerprint density at radius 3 is 2.19 bits per heavy atom. The second-order valence-electron chi connectivity index (χ2n) is 10.3. The van der Waals surface area contributed by atoms with Crippen LogP contribution in [-0.2, 0) is 14.2 Å². The lowest BCUT2D eigenvalue weighted by atomic mass is 9.98. The molecule has 0 saturated carbocycles. The Kier molecular flexibility index (Phi) is 8.80. The van der Waals surface area contributed by atoms with Crippen LogP contribution in [0.15, 0.2) is 45.6 Å². The number of hydrogen-bond donors (Lipinski definition) is 8. The van der Waals surface area contributed by atoms with Crippen molar-refractivity contribution >= 4 is 0 Å². The van der Waals surface area contributed by atoms with Crippen molar-refractivity contribution in [3.63, 3.8) is 0 Å². The van der Waals surface area contributed by atoms with Gasteiger partial charge in [-0.15, -0.1) is 0 Å². The first kappa shape index (κ1) is 30.9. The van der Waals surface area contributed by atoms with E-state index in [9.17, 15) is 45.6 Å². The molecule has 0 amide bonds. The van der Waals surface area contributed by atoms with Gasteiger partial charge in [-0.05, 0) is 31.2 Å². The highest BCUT2D eigenvalue weighted by atomic mass is 16.7. The van der Waals surface area contributed by atoms with Crippen molar-refractivity contribution in [3.8, 4) is 45.6 Å². The van der Waals surface area contributed by atoms with E-state index in [1.807, 2.05) is 0 Å². The van der Waals surface area contributed by atoms with E-state index >= 15 is 0 Å². The maximum absolute atomic E-state index is 12.0. The minimum Gasteiger partial charge on any atom is -0.507 e. The quantitative estimate of drug-likeness (QED) is 0.158. The van der Waals surface area contributed by atoms with Gasteiger partial charge in [-0.25, -0.2) is 0 Å². The maximum atomic E-state index is 12.0. The average molecular weight is 609 g/mol. The minimum absolute atomic E-state index is 0.0150. The van der Waals surface area contributed by atoms with Gasteiger partial charge >= 0.3 is 0 Å². The monoisotopic (exact) mass is 608 g/mol. The van der Waals surface area contributed by atoms with E-state index in [1.165, 1.54) is 38.3 Å². The summed E-state index contributed by atoms with van der Waals surface area (Å²) < 4.78 is 33.6. The standard InChI is InChI=1S/C28H32O15/c1-10-20(32)22(34)24(36)27(40-10)39-9-19-21(33)23(35)25(37)28(43-19)42-18-8-13-15(31)6-12(29)7-16(13)41-26(18)11-3-4-14(30)17(5-11)38-2/h3-8,10,19-25,27-28,30-37H,9H2,1-2H3/t10-,19+,20-,21+,22+,23-,24+,25+,27+,28+/m0/s1. The number of aliphatic hydroxyl groups excluding tert-OH is 6. The molecule has 1 aromatic rings. The number of hydrogen-bond acceptors (Lipinski definition) is 15. The number of phenolic OH excluding ortho intramolecular Hbond substituents is 2. The van der Waals surface area contributed by atoms with Crippen molar-refractivity contribution in [2.24, 2.45) is 0 Å². The lowest BCUT2D eigenvalue weighted by Gasteiger charge is -2.42. The highest BCUT2D eigenvalue weighted by Crippen LogP contribution is 2.43. The van der Waals surface area contributed by atoms with Crippen LogP contribution in [-0.4, -0.2) is 116 Å². The summed E-state index contributed by atoms with van der Waals surface area (Å²) in [7, 11) is 1.33. The molecule has 1 aliphatic carbocycles. The van der Waals surface area contributed by atoms with Gasteiger partial charge < -0.3 is 69.0 Å². The summed E-state index contributed by atoms with van der Waals surface area (Å²) in [5.41, 5.74) is -0.189. The van der Waals surface area contributed by atoms with Crippen LogP contribution in [0, 0.1) is 0 Å². The first-order valence-electron chi connectivity index (χ1n) is 13.3. The van der Waals surface area contributed by atoms with Crippen LogP contribution in [0.2, 0.25) is 0 Å². The minimum atomic E-state index is -1.81. The van der Waals surface area contributed by atoms with E-state index in [0.717, 1.165) is 12.1 Å². The van der Waals surface area contributed by atoms with Gasteiger partial charge in [-0.3, -0.25) is 4.79 Å². The van der Waals surface area contributed by atoms with Crippen molar-refractivity contribution < 1.29 is 69.0 Å². The molecule has 0 bridgehead atoms. The first-order valence-corrected chi connectivity index (χ1v) is 13.3. The van der Waals surface area contributed by atoms with Gasteiger partial charge in [0.05, 0.1) is 25.4 Å². The molecule has 0 spiro atoms. The molecule has 3 aliphatic heterocycles. The molecule has 5 rings (SSSR count). The summed E-state index contributed by atoms with van der Waals surface area (Å²) in [6, 6.07) is 7.58. The fraction of sp³-hybridized carbons (Fsp3) is 0.464. The van der Waals surface area contributed by atoms with Gasteiger partial charge in [0, 0.05) is 17.7 Å². The Morgan fingerprint density at radius 1 is 0.767 bits per heavy atom. The number of fused-ring (bicyclic) bond motifs is 1. The third-order valence-electron chi connectivity index (χ3n) is 7.39. The van der Waals surface area contributed by atoms with Gasteiger partial charge in [0.1, 0.15) is 54.2 Å². The first-order chi connectivity index (χ1) is 20.4. The van der Waals surface area contributed by atoms with Crippen molar-refractivity contribution in [2.75, 3.05) is 13.7 Å². The molecule has 15 nitrogen and oxygen atoms in total. The summed E-state index contributed by atoms with van der Waals surface area (Å²) in [5, 5.41) is 82.5. The summed E-state index contributed by atoms with van der Waals surface area (Å²) in [5.74, 6) is -0.727. The summed E-state index contributed by atoms with van der Waals surface area (Å²) in [4.78, 5) is 12.0. The maximum Gasteiger partial charge on any atom is 0.229 e. The Bertz CT molecular complexity index is 1460. The predicted molar refractivity (Wildman–Crippen MR) is 143 cm³/mol. The molecule has 8 N–H and O–H groups in total. The van der Waals surface area contributed by atoms with E-state index in [1.54, 1.807) is 0 Å². The van der Waals surface area contributed by atoms with E-state index in [4.69, 9.17) is 28.1 Å². The van der Waals surface area contributed by atoms with Gasteiger partial charge in [-0.2, -0.15) is 0 Å². The molecule has 0 radical (unpaired) electrons. The van der Waals surface area contributed by atoms with Crippen molar-refractivity contribution in [3.05, 3.63) is 46.6 Å². The molecule has 4 aliphatic rings. The largest absolute Gasteiger partial charge is 0.507 e. The van der Waals surface area contributed by atoms with Crippen LogP contribution >= 0.6 is 0 Å². The fourth-order valence-corrected chi connectivity index (χ4v) is 4.90. The topological polar surface area (TPSA) is 238 Å². The number of benzene rings is 2. The van der Waals surface area contributed by atoms with E-state index < -0.39 is 79.2 Å². The van der Waals surface area contributed by atoms with Crippen molar-refractivity contribution in [1.29, 1.82) is 0 Å². The van der Waals surface area contributed by atoms with Gasteiger partial charge in [-0.1, -0.05) is 0 Å². The molecule has 0 unspecified atom stereocenters. The summed E-state index contributed by atoms with van der Waals surface area (Å²) >= 11 is 0. The lowest BCUT2D eigenvalue weighted by Crippen LogP contribution is -2.61. The number of ether oxygens (including phenoxy) is 5. The molecule has 15 heteroatoms. The predicted octanol–water partition coefficient (Wildman–Crippen LogP) is -1.14. The lowest BCUT2D eigenvalue weighted by molar-refractivity contribution is -0.318. The molecule has 234 valence electrons. The van der Waals surface area contributed by atoms with E-state index in [2.05, 4.69) is 0 Å². The highest BCUT2D eigenvalue weighted by Gasteiger charge is 2.47. The third kappa shape index (κ3) is 5.99. The molecular formula is C28H32O15. The van der Waals surface area contributed by atoms with Crippen LogP contribution < -0.4 is 14.9 Å². The Balaban J connectivity index is 1.45. The Labute approximate surface area is 243 Å². The second-order valence-corrected chi connectivity index (χ2v) is 10.3. The van der Waals surface area contributed by atoms with Crippen LogP contribution in [0.25, 0.3) is 22.6 Å². The van der Waals surface area contributed by atoms with Crippen LogP contribution in [0.3, 0.4) is 0 Å². The van der Waals surface area contributed by atoms with Crippen LogP contribution in [0.4, 0.5) is 0 Å². The van der Waals surface area contributed by atoms with Crippen molar-refractivity contribution in [2.45, 2.75) is 68.3 Å². The highest BCUT2D eigenvalue weighted by molar-refractivity contribution is 5.76. The third-order valence-corrected chi connectivity index (χ3v) is 7.39. The molecule has 10 atom stereocenters. The van der Waals surface area contributed by atoms with Crippen LogP contribution in [0.1, 0.15) is 6.92 Å². The number of aromatic hydroxyl groups is 2. The van der Waals surface area contributed by atoms with E-state index in [0.29, 0.717) is 0 Å². The normalized spacial score (nSPS) is 32.9. The summed E-state index contributed by atoms with van der Waals surface area (Å²) in [6.07, 6.45) is -15.2. The Morgan fingerprint density at radius 2 is 1.47 bits per heavy atom. The zero-order valence-electron chi connectivity index (χ0n) is 22.9. The van der Waals surface area contributed by atoms with Gasteiger partial charge in [0.25, 0.3) is 0 Å². The molecule has 3 heterocycles. The molecule has 1 aromatic carbocycles. The zero-order valence-corrected chi connectivity index (χ0v) is 22.9. The smallest absolute Gasteiger partial charge is 0.229 e. The summed E-state index contributed by atoms with van der Waals surface area (Å²) in [6.45, 7) is 0.941. The average Bonchev–Trinajstić information content (AvgIpc) is 2.98. The molecule has 0 aromatic heterocycles. The van der Waals surface area contributed by atoms with Gasteiger partial charge in [0.15, 0.2) is 34.7 Å². The number of phenols is 2. The van der Waals surface area contributed by atoms with Gasteiger partial charge in [0.2, 0.25) is 6.29 Å². The number of methoxy groups -OCH3 is 1. The number of aliphatic hydroxyl groups is 6. The SMILES string of the molecule is COc1cc(-c2oc3cc(=O)cc(O)c-3cc2O[C@@H]2O[C@H](CO[C@@H]3O[C@@H](C)[C@H](O)[C@@H](O)[C@H]3O)[C@@H](O)[C@H](O)[C@H]2O)ccc1O. The zero-order chi connectivity index (χ0) is 31.2. The van der Waals surface area contributed by atoms with Crippen LogP contribution in [0.5, 0.6) is 23.0 Å². The molecular weight excluding hydrogens is 576 g/mol. The fourth-order valence-electron chi connectivity index (χ4n) is 4.90. The Hall–Kier alpha value is -3.51. The molecule has 2 saturated heterocycles. The second kappa shape index (κ2) is 12.2. The van der Waals surface area contributed by atoms with E-state index in [-0.39, 0.29) is 39.9 Å². The molecule has 2 fully saturated rings.